The molecule has 4 rings (SSSR count). The number of amidine groups is 1. The van der Waals surface area contributed by atoms with Crippen molar-refractivity contribution in [3.8, 4) is 5.69 Å². The number of amides is 1. The predicted octanol–water partition coefficient (Wildman–Crippen LogP) is 6.06. The largest absolute Gasteiger partial charge is 0.318 e. The maximum atomic E-state index is 12.4. The van der Waals surface area contributed by atoms with Gasteiger partial charge in [-0.15, -0.1) is 0 Å². The van der Waals surface area contributed by atoms with E-state index in [-0.39, 0.29) is 5.91 Å². The molecule has 6 heteroatoms. The first-order chi connectivity index (χ1) is 13.9. The first kappa shape index (κ1) is 19.7. The van der Waals surface area contributed by atoms with Crippen LogP contribution >= 0.6 is 27.7 Å². The van der Waals surface area contributed by atoms with Gasteiger partial charge >= 0.3 is 0 Å². The number of aryl methyl sites for hydroxylation is 2. The van der Waals surface area contributed by atoms with Crippen LogP contribution in [0.5, 0.6) is 0 Å². The van der Waals surface area contributed by atoms with E-state index < -0.39 is 0 Å². The van der Waals surface area contributed by atoms with Crippen molar-refractivity contribution in [2.75, 3.05) is 0 Å². The lowest BCUT2D eigenvalue weighted by atomic mass is 10.2. The number of carbonyl (C=O) groups is 1. The quantitative estimate of drug-likeness (QED) is 0.478. The van der Waals surface area contributed by atoms with Crippen molar-refractivity contribution >= 4 is 50.5 Å². The summed E-state index contributed by atoms with van der Waals surface area (Å²) < 4.78 is 3.20. The van der Waals surface area contributed by atoms with Gasteiger partial charge in [0.2, 0.25) is 0 Å². The third-order valence-electron chi connectivity index (χ3n) is 4.76. The summed E-state index contributed by atoms with van der Waals surface area (Å²) in [4.78, 5) is 17.6. The molecule has 0 atom stereocenters. The summed E-state index contributed by atoms with van der Waals surface area (Å²) in [6, 6.07) is 18.2. The van der Waals surface area contributed by atoms with Crippen LogP contribution < -0.4 is 5.32 Å². The zero-order valence-electron chi connectivity index (χ0n) is 16.4. The molecule has 1 amide bonds. The van der Waals surface area contributed by atoms with E-state index in [1.807, 2.05) is 30.3 Å². The summed E-state index contributed by atoms with van der Waals surface area (Å²) in [6.07, 6.45) is 1.94. The van der Waals surface area contributed by atoms with Gasteiger partial charge in [-0.05, 0) is 86.6 Å². The molecule has 1 aliphatic heterocycles. The van der Waals surface area contributed by atoms with E-state index in [0.29, 0.717) is 10.1 Å². The molecule has 0 radical (unpaired) electrons. The molecule has 0 unspecified atom stereocenters. The smallest absolute Gasteiger partial charge is 0.264 e. The van der Waals surface area contributed by atoms with Crippen LogP contribution in [0.25, 0.3) is 11.8 Å². The average Bonchev–Trinajstić information content (AvgIpc) is 3.17. The summed E-state index contributed by atoms with van der Waals surface area (Å²) in [5, 5.41) is 3.45. The second kappa shape index (κ2) is 8.05. The summed E-state index contributed by atoms with van der Waals surface area (Å²) in [6.45, 7) is 6.24. The van der Waals surface area contributed by atoms with Crippen LogP contribution in [0.2, 0.25) is 0 Å². The van der Waals surface area contributed by atoms with Crippen LogP contribution in [-0.4, -0.2) is 15.6 Å². The number of aromatic nitrogens is 1. The van der Waals surface area contributed by atoms with E-state index >= 15 is 0 Å². The van der Waals surface area contributed by atoms with Gasteiger partial charge in [0, 0.05) is 21.5 Å². The molecule has 1 saturated heterocycles. The van der Waals surface area contributed by atoms with Gasteiger partial charge in [-0.1, -0.05) is 33.6 Å². The number of hydrogen-bond donors (Lipinski definition) is 1. The highest BCUT2D eigenvalue weighted by Crippen LogP contribution is 2.30. The van der Waals surface area contributed by atoms with Crippen LogP contribution in [0, 0.1) is 20.8 Å². The number of rotatable bonds is 3. The van der Waals surface area contributed by atoms with Crippen molar-refractivity contribution in [1.29, 1.82) is 0 Å². The highest BCUT2D eigenvalue weighted by Gasteiger charge is 2.24. The van der Waals surface area contributed by atoms with Crippen molar-refractivity contribution in [3.05, 3.63) is 86.5 Å². The first-order valence-electron chi connectivity index (χ1n) is 9.22. The maximum absolute atomic E-state index is 12.4. The second-order valence-electron chi connectivity index (χ2n) is 6.96. The molecule has 1 fully saturated rings. The lowest BCUT2D eigenvalue weighted by Gasteiger charge is -2.10. The van der Waals surface area contributed by atoms with Gasteiger partial charge in [0.1, 0.15) is 0 Å². The molecule has 0 bridgehead atoms. The Morgan fingerprint density at radius 2 is 1.72 bits per heavy atom. The molecule has 0 spiro atoms. The summed E-state index contributed by atoms with van der Waals surface area (Å²) >= 11 is 4.78. The Bertz CT molecular complexity index is 1140. The van der Waals surface area contributed by atoms with E-state index in [2.05, 4.69) is 81.9 Å². The Morgan fingerprint density at radius 3 is 2.41 bits per heavy atom. The van der Waals surface area contributed by atoms with Gasteiger partial charge < -0.3 is 9.88 Å². The molecule has 3 aromatic rings. The number of hydrogen-bond acceptors (Lipinski definition) is 3. The number of carbonyl (C=O) groups excluding carboxylic acids is 1. The van der Waals surface area contributed by atoms with E-state index in [0.717, 1.165) is 32.8 Å². The molecule has 0 aliphatic carbocycles. The fraction of sp³-hybridized carbons (Fsp3) is 0.130. The van der Waals surface area contributed by atoms with Gasteiger partial charge in [0.25, 0.3) is 5.91 Å². The number of aliphatic imine (C=N–C) groups is 1. The zero-order valence-corrected chi connectivity index (χ0v) is 18.8. The zero-order chi connectivity index (χ0) is 20.5. The lowest BCUT2D eigenvalue weighted by Crippen LogP contribution is -2.19. The summed E-state index contributed by atoms with van der Waals surface area (Å²) in [5.74, 6) is -0.119. The molecule has 4 nitrogen and oxygen atoms in total. The fourth-order valence-corrected chi connectivity index (χ4v) is 4.38. The van der Waals surface area contributed by atoms with Crippen molar-refractivity contribution in [2.24, 2.45) is 4.99 Å². The lowest BCUT2D eigenvalue weighted by molar-refractivity contribution is -0.115. The number of nitrogens with zero attached hydrogens (tertiary/aromatic N) is 2. The van der Waals surface area contributed by atoms with E-state index in [9.17, 15) is 4.79 Å². The summed E-state index contributed by atoms with van der Waals surface area (Å²) in [5.41, 5.74) is 6.42. The first-order valence-corrected chi connectivity index (χ1v) is 10.8. The van der Waals surface area contributed by atoms with Gasteiger partial charge in [-0.2, -0.15) is 0 Å². The topological polar surface area (TPSA) is 46.4 Å². The molecule has 2 heterocycles. The molecule has 1 N–H and O–H groups in total. The maximum Gasteiger partial charge on any atom is 0.264 e. The minimum atomic E-state index is -0.119. The van der Waals surface area contributed by atoms with E-state index in [4.69, 9.17) is 0 Å². The molecular weight excluding hydrogens is 446 g/mol. The second-order valence-corrected chi connectivity index (χ2v) is 8.90. The number of benzene rings is 2. The van der Waals surface area contributed by atoms with Crippen LogP contribution in [0.1, 0.15) is 22.5 Å². The molecule has 1 aromatic heterocycles. The minimum absolute atomic E-state index is 0.119. The Morgan fingerprint density at radius 1 is 1.03 bits per heavy atom. The Labute approximate surface area is 182 Å². The normalized spacial score (nSPS) is 16.6. The van der Waals surface area contributed by atoms with E-state index in [1.54, 1.807) is 0 Å². The van der Waals surface area contributed by atoms with E-state index in [1.165, 1.54) is 17.3 Å². The van der Waals surface area contributed by atoms with Gasteiger partial charge in [-0.3, -0.25) is 4.79 Å². The minimum Gasteiger partial charge on any atom is -0.318 e. The van der Waals surface area contributed by atoms with Crippen molar-refractivity contribution in [1.82, 2.24) is 9.88 Å². The SMILES string of the molecule is Cc1ccc(-n2c(C)cc(/C=C3\SC(=Nc4ccc(Br)cc4)NC3=O)c2C)cc1. The van der Waals surface area contributed by atoms with Gasteiger partial charge in [0.15, 0.2) is 5.17 Å². The van der Waals surface area contributed by atoms with Crippen LogP contribution in [-0.2, 0) is 4.79 Å². The summed E-state index contributed by atoms with van der Waals surface area (Å²) in [7, 11) is 0. The predicted molar refractivity (Wildman–Crippen MR) is 125 cm³/mol. The fourth-order valence-electron chi connectivity index (χ4n) is 3.28. The molecule has 146 valence electrons. The van der Waals surface area contributed by atoms with Gasteiger partial charge in [0.05, 0.1) is 10.6 Å². The molecular formula is C23H20BrN3OS. The number of halogens is 1. The van der Waals surface area contributed by atoms with Gasteiger partial charge in [-0.25, -0.2) is 4.99 Å². The Kier molecular flexibility index (Phi) is 5.48. The van der Waals surface area contributed by atoms with Crippen molar-refractivity contribution < 1.29 is 4.79 Å². The van der Waals surface area contributed by atoms with Crippen LogP contribution in [0.4, 0.5) is 5.69 Å². The Hall–Kier alpha value is -2.57. The molecule has 2 aromatic carbocycles. The monoisotopic (exact) mass is 465 g/mol. The number of nitrogens with one attached hydrogen (secondary N) is 1. The highest BCUT2D eigenvalue weighted by atomic mass is 79.9. The molecule has 1 aliphatic rings. The third-order valence-corrected chi connectivity index (χ3v) is 6.20. The van der Waals surface area contributed by atoms with Crippen LogP contribution in [0.3, 0.4) is 0 Å². The molecule has 29 heavy (non-hydrogen) atoms. The number of thioether (sulfide) groups is 1. The Balaban J connectivity index is 1.63. The third kappa shape index (κ3) is 4.23. The van der Waals surface area contributed by atoms with Crippen molar-refractivity contribution in [2.45, 2.75) is 20.8 Å². The standard InChI is InChI=1S/C23H20BrN3OS/c1-14-4-10-20(11-5-14)27-15(2)12-17(16(27)3)13-21-22(28)26-23(29-21)25-19-8-6-18(24)7-9-19/h4-13H,1-3H3,(H,25,26,28)/b21-13-. The average molecular weight is 466 g/mol. The highest BCUT2D eigenvalue weighted by molar-refractivity contribution is 9.10. The van der Waals surface area contributed by atoms with Crippen molar-refractivity contribution in [3.63, 3.8) is 0 Å². The molecule has 0 saturated carbocycles. The van der Waals surface area contributed by atoms with Crippen LogP contribution in [0.15, 0.2) is 69.0 Å².